The SMILES string of the molecule is Cc1cnc(C(=O)Nc2ccc(C(C)(C)N3CCCC3)cc2C2=CCC(C)(C)CC2)[nH]1. The van der Waals surface area contributed by atoms with Gasteiger partial charge in [0.25, 0.3) is 5.91 Å². The molecule has 2 N–H and O–H groups in total. The van der Waals surface area contributed by atoms with Crippen LogP contribution in [0.4, 0.5) is 5.69 Å². The summed E-state index contributed by atoms with van der Waals surface area (Å²) in [5.74, 6) is 0.154. The zero-order chi connectivity index (χ0) is 22.2. The molecule has 1 aromatic carbocycles. The number of hydrogen-bond donors (Lipinski definition) is 2. The van der Waals surface area contributed by atoms with Crippen molar-refractivity contribution >= 4 is 17.2 Å². The molecule has 4 rings (SSSR count). The molecule has 0 saturated carbocycles. The fraction of sp³-hybridized carbons (Fsp3) is 0.538. The molecule has 0 unspecified atom stereocenters. The minimum Gasteiger partial charge on any atom is -0.338 e. The predicted octanol–water partition coefficient (Wildman–Crippen LogP) is 5.89. The summed E-state index contributed by atoms with van der Waals surface area (Å²) >= 11 is 0. The van der Waals surface area contributed by atoms with Crippen molar-refractivity contribution in [2.75, 3.05) is 18.4 Å². The number of aromatic nitrogens is 2. The molecular formula is C26H36N4O. The molecule has 1 aliphatic carbocycles. The lowest BCUT2D eigenvalue weighted by molar-refractivity contribution is 0.101. The van der Waals surface area contributed by atoms with Crippen LogP contribution in [0.15, 0.2) is 30.5 Å². The number of rotatable bonds is 5. The maximum Gasteiger partial charge on any atom is 0.291 e. The summed E-state index contributed by atoms with van der Waals surface area (Å²) in [5.41, 5.74) is 5.85. The summed E-state index contributed by atoms with van der Waals surface area (Å²) in [4.78, 5) is 22.6. The number of H-pyrrole nitrogens is 1. The van der Waals surface area contributed by atoms with Gasteiger partial charge in [-0.15, -0.1) is 0 Å². The van der Waals surface area contributed by atoms with Crippen LogP contribution in [0, 0.1) is 12.3 Å². The second-order valence-electron chi connectivity index (χ2n) is 10.5. The van der Waals surface area contributed by atoms with Crippen molar-refractivity contribution in [3.63, 3.8) is 0 Å². The first-order valence-electron chi connectivity index (χ1n) is 11.6. The Morgan fingerprint density at radius 1 is 1.23 bits per heavy atom. The number of nitrogens with one attached hydrogen (secondary N) is 2. The Hall–Kier alpha value is -2.40. The molecule has 1 saturated heterocycles. The van der Waals surface area contributed by atoms with Gasteiger partial charge in [0.05, 0.1) is 0 Å². The number of amides is 1. The second-order valence-corrected chi connectivity index (χ2v) is 10.5. The van der Waals surface area contributed by atoms with Crippen LogP contribution >= 0.6 is 0 Å². The highest BCUT2D eigenvalue weighted by atomic mass is 16.2. The number of imidazole rings is 1. The standard InChI is InChI=1S/C26H36N4O/c1-18-17-27-23(28-18)24(31)29-22-9-8-20(26(4,5)30-14-6-7-15-30)16-21(22)19-10-12-25(2,3)13-11-19/h8-10,16-17H,6-7,11-15H2,1-5H3,(H,27,28)(H,29,31). The average molecular weight is 421 g/mol. The molecule has 2 aromatic rings. The van der Waals surface area contributed by atoms with Crippen LogP contribution in [-0.4, -0.2) is 33.9 Å². The highest BCUT2D eigenvalue weighted by Gasteiger charge is 2.32. The number of nitrogens with zero attached hydrogens (tertiary/aromatic N) is 2. The number of benzene rings is 1. The summed E-state index contributed by atoms with van der Waals surface area (Å²) in [6.07, 6.45) is 9.85. The van der Waals surface area contributed by atoms with Crippen molar-refractivity contribution in [1.82, 2.24) is 14.9 Å². The first kappa shape index (κ1) is 21.8. The highest BCUT2D eigenvalue weighted by Crippen LogP contribution is 2.41. The van der Waals surface area contributed by atoms with E-state index in [0.29, 0.717) is 11.2 Å². The first-order chi connectivity index (χ1) is 14.7. The predicted molar refractivity (Wildman–Crippen MR) is 127 cm³/mol. The van der Waals surface area contributed by atoms with Crippen LogP contribution in [-0.2, 0) is 5.54 Å². The summed E-state index contributed by atoms with van der Waals surface area (Å²) in [6.45, 7) is 13.5. The molecular weight excluding hydrogens is 384 g/mol. The number of carbonyl (C=O) groups is 1. The molecule has 0 radical (unpaired) electrons. The van der Waals surface area contributed by atoms with E-state index >= 15 is 0 Å². The van der Waals surface area contributed by atoms with E-state index in [2.05, 4.69) is 72.2 Å². The number of aromatic amines is 1. The number of likely N-dealkylation sites (tertiary alicyclic amines) is 1. The maximum atomic E-state index is 12.8. The normalized spacial score (nSPS) is 19.3. The lowest BCUT2D eigenvalue weighted by atomic mass is 9.76. The Kier molecular flexibility index (Phi) is 5.82. The minimum absolute atomic E-state index is 0.0274. The van der Waals surface area contributed by atoms with Crippen LogP contribution in [0.2, 0.25) is 0 Å². The number of aryl methyl sites for hydroxylation is 1. The van der Waals surface area contributed by atoms with Gasteiger partial charge in [-0.3, -0.25) is 9.69 Å². The molecule has 5 nitrogen and oxygen atoms in total. The van der Waals surface area contributed by atoms with Crippen LogP contribution in [0.5, 0.6) is 0 Å². The van der Waals surface area contributed by atoms with E-state index in [4.69, 9.17) is 0 Å². The molecule has 2 heterocycles. The van der Waals surface area contributed by atoms with E-state index in [-0.39, 0.29) is 11.4 Å². The smallest absolute Gasteiger partial charge is 0.291 e. The van der Waals surface area contributed by atoms with Crippen LogP contribution in [0.1, 0.15) is 87.2 Å². The molecule has 1 fully saturated rings. The van der Waals surface area contributed by atoms with E-state index in [1.807, 2.05) is 6.92 Å². The molecule has 1 aliphatic heterocycles. The topological polar surface area (TPSA) is 61.0 Å². The Bertz CT molecular complexity index is 993. The summed E-state index contributed by atoms with van der Waals surface area (Å²) in [6, 6.07) is 6.57. The van der Waals surface area contributed by atoms with Crippen molar-refractivity contribution in [2.24, 2.45) is 5.41 Å². The zero-order valence-electron chi connectivity index (χ0n) is 19.6. The molecule has 0 bridgehead atoms. The van der Waals surface area contributed by atoms with Gasteiger partial charge < -0.3 is 10.3 Å². The van der Waals surface area contributed by atoms with E-state index < -0.39 is 0 Å². The van der Waals surface area contributed by atoms with Crippen LogP contribution in [0.3, 0.4) is 0 Å². The maximum absolute atomic E-state index is 12.8. The third kappa shape index (κ3) is 4.62. The lowest BCUT2D eigenvalue weighted by Gasteiger charge is -2.37. The molecule has 0 atom stereocenters. The molecule has 31 heavy (non-hydrogen) atoms. The Labute approximate surface area is 186 Å². The summed E-state index contributed by atoms with van der Waals surface area (Å²) < 4.78 is 0. The summed E-state index contributed by atoms with van der Waals surface area (Å²) in [7, 11) is 0. The van der Waals surface area contributed by atoms with E-state index in [9.17, 15) is 4.79 Å². The number of allylic oxidation sites excluding steroid dienone is 2. The van der Waals surface area contributed by atoms with Gasteiger partial charge in [-0.05, 0) is 94.6 Å². The van der Waals surface area contributed by atoms with Crippen molar-refractivity contribution in [1.29, 1.82) is 0 Å². The monoisotopic (exact) mass is 420 g/mol. The van der Waals surface area contributed by atoms with Gasteiger partial charge in [0, 0.05) is 28.7 Å². The van der Waals surface area contributed by atoms with Crippen LogP contribution in [0.25, 0.3) is 5.57 Å². The van der Waals surface area contributed by atoms with Crippen molar-refractivity contribution in [3.8, 4) is 0 Å². The molecule has 2 aliphatic rings. The zero-order valence-corrected chi connectivity index (χ0v) is 19.6. The van der Waals surface area contributed by atoms with Gasteiger partial charge in [-0.2, -0.15) is 0 Å². The third-order valence-corrected chi connectivity index (χ3v) is 7.11. The highest BCUT2D eigenvalue weighted by molar-refractivity contribution is 6.03. The van der Waals surface area contributed by atoms with Gasteiger partial charge in [0.1, 0.15) is 0 Å². The number of anilines is 1. The average Bonchev–Trinajstić information content (AvgIpc) is 3.40. The van der Waals surface area contributed by atoms with E-state index in [1.54, 1.807) is 6.20 Å². The second kappa shape index (κ2) is 8.27. The Balaban J connectivity index is 1.70. The van der Waals surface area contributed by atoms with Gasteiger partial charge >= 0.3 is 0 Å². The van der Waals surface area contributed by atoms with Crippen molar-refractivity contribution < 1.29 is 4.79 Å². The van der Waals surface area contributed by atoms with E-state index in [1.165, 1.54) is 24.0 Å². The van der Waals surface area contributed by atoms with Crippen molar-refractivity contribution in [2.45, 2.75) is 72.3 Å². The number of hydrogen-bond acceptors (Lipinski definition) is 3. The number of carbonyl (C=O) groups excluding carboxylic acids is 1. The van der Waals surface area contributed by atoms with Gasteiger partial charge in [0.2, 0.25) is 0 Å². The Morgan fingerprint density at radius 2 is 1.97 bits per heavy atom. The van der Waals surface area contributed by atoms with Gasteiger partial charge in [0.15, 0.2) is 5.82 Å². The van der Waals surface area contributed by atoms with Gasteiger partial charge in [-0.25, -0.2) is 4.98 Å². The first-order valence-corrected chi connectivity index (χ1v) is 11.6. The molecule has 5 heteroatoms. The van der Waals surface area contributed by atoms with Crippen LogP contribution < -0.4 is 5.32 Å². The van der Waals surface area contributed by atoms with Gasteiger partial charge in [-0.1, -0.05) is 26.0 Å². The quantitative estimate of drug-likeness (QED) is 0.633. The van der Waals surface area contributed by atoms with E-state index in [0.717, 1.165) is 49.3 Å². The molecule has 1 amide bonds. The lowest BCUT2D eigenvalue weighted by Crippen LogP contribution is -2.39. The Morgan fingerprint density at radius 3 is 2.58 bits per heavy atom. The minimum atomic E-state index is -0.197. The fourth-order valence-corrected chi connectivity index (χ4v) is 4.79. The van der Waals surface area contributed by atoms with Crippen molar-refractivity contribution in [3.05, 3.63) is 53.1 Å². The molecule has 1 aromatic heterocycles. The fourth-order valence-electron chi connectivity index (χ4n) is 4.79. The summed E-state index contributed by atoms with van der Waals surface area (Å²) in [5, 5.41) is 3.12. The largest absolute Gasteiger partial charge is 0.338 e. The molecule has 0 spiro atoms. The third-order valence-electron chi connectivity index (χ3n) is 7.11. The molecule has 166 valence electrons.